The van der Waals surface area contributed by atoms with Gasteiger partial charge in [-0.25, -0.2) is 9.50 Å². The van der Waals surface area contributed by atoms with Crippen LogP contribution >= 0.6 is 0 Å². The van der Waals surface area contributed by atoms with Gasteiger partial charge in [-0.05, 0) is 30.7 Å². The first-order valence-electron chi connectivity index (χ1n) is 6.97. The first kappa shape index (κ1) is 11.2. The number of hydrogen-bond donors (Lipinski definition) is 0. The van der Waals surface area contributed by atoms with Crippen molar-refractivity contribution < 1.29 is 4.74 Å². The van der Waals surface area contributed by atoms with E-state index in [2.05, 4.69) is 15.0 Å². The maximum atomic E-state index is 5.59. The maximum Gasteiger partial charge on any atom is 0.154 e. The van der Waals surface area contributed by atoms with Gasteiger partial charge in [-0.3, -0.25) is 0 Å². The predicted octanol–water partition coefficient (Wildman–Crippen LogP) is 1.74. The highest BCUT2D eigenvalue weighted by molar-refractivity contribution is 5.68. The molecule has 0 aliphatic carbocycles. The molecular weight excluding hydrogens is 240 g/mol. The van der Waals surface area contributed by atoms with Crippen LogP contribution in [0.2, 0.25) is 0 Å². The third kappa shape index (κ3) is 1.80. The van der Waals surface area contributed by atoms with E-state index in [-0.39, 0.29) is 0 Å². The zero-order valence-corrected chi connectivity index (χ0v) is 11.0. The van der Waals surface area contributed by atoms with Gasteiger partial charge in [-0.15, -0.1) is 0 Å². The lowest BCUT2D eigenvalue weighted by Gasteiger charge is -2.38. The predicted molar refractivity (Wildman–Crippen MR) is 72.3 cm³/mol. The number of nitrogens with zero attached hydrogens (tertiary/aromatic N) is 4. The van der Waals surface area contributed by atoms with E-state index < -0.39 is 0 Å². The van der Waals surface area contributed by atoms with Gasteiger partial charge in [0.25, 0.3) is 0 Å². The second-order valence-corrected chi connectivity index (χ2v) is 5.70. The Morgan fingerprint density at radius 2 is 2.05 bits per heavy atom. The largest absolute Gasteiger partial charge is 0.381 e. The molecular formula is C14H18N4O. The molecule has 0 saturated carbocycles. The SMILES string of the molecule is c1cn2nccc2c(N2CCC3(CCOC3)CC2)n1. The van der Waals surface area contributed by atoms with E-state index in [4.69, 9.17) is 4.74 Å². The van der Waals surface area contributed by atoms with Crippen LogP contribution in [0, 0.1) is 5.41 Å². The number of piperidine rings is 1. The third-order valence-corrected chi connectivity index (χ3v) is 4.61. The number of ether oxygens (including phenoxy) is 1. The van der Waals surface area contributed by atoms with E-state index in [0.717, 1.165) is 37.6 Å². The fourth-order valence-electron chi connectivity index (χ4n) is 3.32. The molecule has 1 spiro atoms. The van der Waals surface area contributed by atoms with Crippen LogP contribution in [0.5, 0.6) is 0 Å². The maximum absolute atomic E-state index is 5.59. The Labute approximate surface area is 112 Å². The zero-order chi connectivity index (χ0) is 12.7. The van der Waals surface area contributed by atoms with Gasteiger partial charge in [0, 0.05) is 32.1 Å². The summed E-state index contributed by atoms with van der Waals surface area (Å²) in [5.74, 6) is 1.06. The standard InChI is InChI=1S/C14H18N4O/c1-5-16-18-9-6-15-13(12(1)18)17-7-2-14(3-8-17)4-10-19-11-14/h1,5-6,9H,2-4,7-8,10-11H2. The lowest BCUT2D eigenvalue weighted by atomic mass is 9.78. The van der Waals surface area contributed by atoms with Gasteiger partial charge < -0.3 is 9.64 Å². The van der Waals surface area contributed by atoms with E-state index >= 15 is 0 Å². The van der Waals surface area contributed by atoms with Crippen molar-refractivity contribution in [2.24, 2.45) is 5.41 Å². The van der Waals surface area contributed by atoms with Gasteiger partial charge in [0.1, 0.15) is 5.52 Å². The molecule has 0 radical (unpaired) electrons. The molecule has 0 aromatic carbocycles. The first-order valence-corrected chi connectivity index (χ1v) is 6.97. The van der Waals surface area contributed by atoms with Crippen LogP contribution in [0.3, 0.4) is 0 Å². The summed E-state index contributed by atoms with van der Waals surface area (Å²) in [4.78, 5) is 6.94. The lowest BCUT2D eigenvalue weighted by molar-refractivity contribution is 0.133. The molecule has 2 aliphatic heterocycles. The van der Waals surface area contributed by atoms with Gasteiger partial charge in [0.15, 0.2) is 5.82 Å². The summed E-state index contributed by atoms with van der Waals surface area (Å²) in [5, 5.41) is 4.28. The molecule has 19 heavy (non-hydrogen) atoms. The summed E-state index contributed by atoms with van der Waals surface area (Å²) in [6, 6.07) is 2.03. The Kier molecular flexibility index (Phi) is 2.48. The van der Waals surface area contributed by atoms with Crippen molar-refractivity contribution in [3.63, 3.8) is 0 Å². The minimum Gasteiger partial charge on any atom is -0.381 e. The second kappa shape index (κ2) is 4.20. The average Bonchev–Trinajstić information content (AvgIpc) is 3.09. The molecule has 0 unspecified atom stereocenters. The molecule has 2 aromatic rings. The van der Waals surface area contributed by atoms with Crippen molar-refractivity contribution in [1.29, 1.82) is 0 Å². The number of rotatable bonds is 1. The van der Waals surface area contributed by atoms with Crippen molar-refractivity contribution in [2.45, 2.75) is 19.3 Å². The van der Waals surface area contributed by atoms with E-state index in [0.29, 0.717) is 5.41 Å². The van der Waals surface area contributed by atoms with E-state index in [9.17, 15) is 0 Å². The van der Waals surface area contributed by atoms with Crippen molar-refractivity contribution in [3.8, 4) is 0 Å². The van der Waals surface area contributed by atoms with E-state index in [1.807, 2.05) is 29.2 Å². The van der Waals surface area contributed by atoms with Crippen molar-refractivity contribution in [3.05, 3.63) is 24.7 Å². The summed E-state index contributed by atoms with van der Waals surface area (Å²) < 4.78 is 7.48. The van der Waals surface area contributed by atoms with E-state index in [1.54, 1.807) is 0 Å². The van der Waals surface area contributed by atoms with Crippen LogP contribution in [0.1, 0.15) is 19.3 Å². The monoisotopic (exact) mass is 258 g/mol. The highest BCUT2D eigenvalue weighted by atomic mass is 16.5. The molecule has 0 atom stereocenters. The van der Waals surface area contributed by atoms with Gasteiger partial charge in [0.05, 0.1) is 12.8 Å². The van der Waals surface area contributed by atoms with Gasteiger partial charge in [0.2, 0.25) is 0 Å². The first-order chi connectivity index (χ1) is 9.36. The molecule has 5 nitrogen and oxygen atoms in total. The number of hydrogen-bond acceptors (Lipinski definition) is 4. The van der Waals surface area contributed by atoms with Crippen LogP contribution in [0.15, 0.2) is 24.7 Å². The highest BCUT2D eigenvalue weighted by Gasteiger charge is 2.38. The molecule has 100 valence electrons. The zero-order valence-electron chi connectivity index (χ0n) is 11.0. The van der Waals surface area contributed by atoms with Gasteiger partial charge in [-0.1, -0.05) is 0 Å². The minimum atomic E-state index is 0.446. The molecule has 4 rings (SSSR count). The summed E-state index contributed by atoms with van der Waals surface area (Å²) in [6.45, 7) is 4.03. The second-order valence-electron chi connectivity index (χ2n) is 5.70. The molecule has 2 aromatic heterocycles. The molecule has 2 saturated heterocycles. The summed E-state index contributed by atoms with van der Waals surface area (Å²) in [7, 11) is 0. The average molecular weight is 258 g/mol. The van der Waals surface area contributed by atoms with Crippen molar-refractivity contribution >= 4 is 11.3 Å². The Bertz CT molecular complexity index is 578. The quantitative estimate of drug-likeness (QED) is 0.781. The highest BCUT2D eigenvalue weighted by Crippen LogP contribution is 2.40. The fourth-order valence-corrected chi connectivity index (χ4v) is 3.32. The van der Waals surface area contributed by atoms with Crippen LogP contribution in [0.25, 0.3) is 5.52 Å². The molecule has 0 amide bonds. The van der Waals surface area contributed by atoms with Crippen molar-refractivity contribution in [2.75, 3.05) is 31.2 Å². The molecule has 0 N–H and O–H groups in total. The Hall–Kier alpha value is -1.62. The summed E-state index contributed by atoms with van der Waals surface area (Å²) in [6.07, 6.45) is 9.21. The fraction of sp³-hybridized carbons (Fsp3) is 0.571. The molecule has 5 heteroatoms. The Morgan fingerprint density at radius 1 is 1.16 bits per heavy atom. The van der Waals surface area contributed by atoms with Gasteiger partial charge in [-0.2, -0.15) is 5.10 Å². The van der Waals surface area contributed by atoms with Crippen molar-refractivity contribution in [1.82, 2.24) is 14.6 Å². The normalized spacial score (nSPS) is 22.4. The van der Waals surface area contributed by atoms with Crippen LogP contribution in [0.4, 0.5) is 5.82 Å². The summed E-state index contributed by atoms with van der Waals surface area (Å²) >= 11 is 0. The molecule has 2 aliphatic rings. The molecule has 0 bridgehead atoms. The van der Waals surface area contributed by atoms with Crippen LogP contribution < -0.4 is 4.90 Å². The Morgan fingerprint density at radius 3 is 2.84 bits per heavy atom. The van der Waals surface area contributed by atoms with Crippen LogP contribution in [-0.4, -0.2) is 40.9 Å². The minimum absolute atomic E-state index is 0.446. The lowest BCUT2D eigenvalue weighted by Crippen LogP contribution is -2.41. The molecule has 2 fully saturated rings. The Balaban J connectivity index is 1.59. The molecule has 4 heterocycles. The third-order valence-electron chi connectivity index (χ3n) is 4.61. The number of fused-ring (bicyclic) bond motifs is 1. The van der Waals surface area contributed by atoms with Crippen LogP contribution in [-0.2, 0) is 4.74 Å². The summed E-state index contributed by atoms with van der Waals surface area (Å²) in [5.41, 5.74) is 1.54. The smallest absolute Gasteiger partial charge is 0.154 e. The topological polar surface area (TPSA) is 42.7 Å². The number of aromatic nitrogens is 3. The van der Waals surface area contributed by atoms with Gasteiger partial charge >= 0.3 is 0 Å². The van der Waals surface area contributed by atoms with E-state index in [1.165, 1.54) is 19.3 Å². The number of anilines is 1.